The van der Waals surface area contributed by atoms with E-state index < -0.39 is 11.9 Å². The van der Waals surface area contributed by atoms with E-state index in [1.165, 1.54) is 0 Å². The Balaban J connectivity index is 1.52. The van der Waals surface area contributed by atoms with Crippen LogP contribution >= 0.6 is 11.6 Å². The minimum absolute atomic E-state index is 0.0713. The Morgan fingerprint density at radius 1 is 0.893 bits per heavy atom. The van der Waals surface area contributed by atoms with Gasteiger partial charge in [0.25, 0.3) is 0 Å². The lowest BCUT2D eigenvalue weighted by atomic mass is 10.1. The van der Waals surface area contributed by atoms with Crippen LogP contribution in [0.3, 0.4) is 0 Å². The van der Waals surface area contributed by atoms with E-state index in [4.69, 9.17) is 26.8 Å². The molecular weight excluding hydrogens is 378 g/mol. The lowest BCUT2D eigenvalue weighted by molar-refractivity contribution is -0.147. The molecule has 142 valence electrons. The van der Waals surface area contributed by atoms with Crippen molar-refractivity contribution in [3.63, 3.8) is 0 Å². The molecule has 3 aromatic rings. The lowest BCUT2D eigenvalue weighted by Gasteiger charge is -2.10. The number of primary amides is 1. The second kappa shape index (κ2) is 9.06. The number of nitrogens with two attached hydrogens (primary N) is 1. The Bertz CT molecular complexity index is 972. The van der Waals surface area contributed by atoms with Crippen molar-refractivity contribution in [2.45, 2.75) is 6.61 Å². The highest BCUT2D eigenvalue weighted by molar-refractivity contribution is 6.32. The summed E-state index contributed by atoms with van der Waals surface area (Å²) in [6.45, 7) is -0.189. The van der Waals surface area contributed by atoms with Crippen LogP contribution in [0.4, 0.5) is 0 Å². The minimum Gasteiger partial charge on any atom is -0.480 e. The summed E-state index contributed by atoms with van der Waals surface area (Å²) in [5.74, 6) is -0.626. The summed E-state index contributed by atoms with van der Waals surface area (Å²) >= 11 is 6.26. The molecule has 0 saturated carbocycles. The number of rotatable bonds is 7. The monoisotopic (exact) mass is 395 g/mol. The van der Waals surface area contributed by atoms with Crippen molar-refractivity contribution in [2.24, 2.45) is 5.73 Å². The highest BCUT2D eigenvalue weighted by Gasteiger charge is 2.09. The van der Waals surface area contributed by atoms with E-state index in [9.17, 15) is 9.59 Å². The van der Waals surface area contributed by atoms with E-state index in [1.807, 2.05) is 36.4 Å². The van der Waals surface area contributed by atoms with Gasteiger partial charge in [-0.1, -0.05) is 60.1 Å². The summed E-state index contributed by atoms with van der Waals surface area (Å²) in [6, 6.07) is 21.7. The quantitative estimate of drug-likeness (QED) is 0.607. The van der Waals surface area contributed by atoms with Crippen LogP contribution in [0.5, 0.6) is 5.75 Å². The number of benzene rings is 3. The van der Waals surface area contributed by atoms with Gasteiger partial charge in [0.05, 0.1) is 5.02 Å². The summed E-state index contributed by atoms with van der Waals surface area (Å²) in [6.07, 6.45) is 0. The molecule has 0 unspecified atom stereocenters. The van der Waals surface area contributed by atoms with E-state index in [2.05, 4.69) is 0 Å². The van der Waals surface area contributed by atoms with Gasteiger partial charge in [-0.05, 0) is 41.0 Å². The zero-order valence-electron chi connectivity index (χ0n) is 14.9. The van der Waals surface area contributed by atoms with Gasteiger partial charge in [0.15, 0.2) is 6.61 Å². The first kappa shape index (κ1) is 19.5. The highest BCUT2D eigenvalue weighted by atomic mass is 35.5. The third-order valence-electron chi connectivity index (χ3n) is 4.02. The Kier molecular flexibility index (Phi) is 6.29. The Morgan fingerprint density at radius 3 is 2.25 bits per heavy atom. The van der Waals surface area contributed by atoms with Crippen molar-refractivity contribution in [1.82, 2.24) is 0 Å². The predicted octanol–water partition coefficient (Wildman–Crippen LogP) is 4.23. The molecule has 0 spiro atoms. The molecular formula is C22H18ClNO4. The third-order valence-corrected chi connectivity index (χ3v) is 4.32. The van der Waals surface area contributed by atoms with Crippen LogP contribution in [-0.4, -0.2) is 18.5 Å². The Labute approximate surface area is 167 Å². The maximum atomic E-state index is 11.9. The molecule has 0 aliphatic rings. The van der Waals surface area contributed by atoms with Crippen LogP contribution in [0, 0.1) is 0 Å². The fourth-order valence-corrected chi connectivity index (χ4v) is 2.77. The molecule has 0 bridgehead atoms. The smallest absolute Gasteiger partial charge is 0.344 e. The zero-order chi connectivity index (χ0) is 19.9. The highest BCUT2D eigenvalue weighted by Crippen LogP contribution is 2.30. The molecule has 0 aliphatic heterocycles. The maximum Gasteiger partial charge on any atom is 0.344 e. The molecule has 0 fully saturated rings. The molecule has 0 saturated heterocycles. The number of carbonyl (C=O) groups is 2. The average Bonchev–Trinajstić information content (AvgIpc) is 2.72. The van der Waals surface area contributed by atoms with Gasteiger partial charge >= 0.3 is 5.97 Å². The molecule has 0 aliphatic carbocycles. The summed E-state index contributed by atoms with van der Waals surface area (Å²) in [5, 5.41) is 0.413. The van der Waals surface area contributed by atoms with Crippen LogP contribution in [0.15, 0.2) is 72.8 Å². The first-order valence-corrected chi connectivity index (χ1v) is 8.93. The van der Waals surface area contributed by atoms with Crippen molar-refractivity contribution in [1.29, 1.82) is 0 Å². The van der Waals surface area contributed by atoms with Gasteiger partial charge in [0, 0.05) is 5.56 Å². The second-order valence-electron chi connectivity index (χ2n) is 6.02. The van der Waals surface area contributed by atoms with Gasteiger partial charge in [-0.3, -0.25) is 4.79 Å². The van der Waals surface area contributed by atoms with E-state index in [-0.39, 0.29) is 13.2 Å². The molecule has 0 radical (unpaired) electrons. The summed E-state index contributed by atoms with van der Waals surface area (Å²) in [7, 11) is 0. The van der Waals surface area contributed by atoms with Gasteiger partial charge in [0.1, 0.15) is 12.4 Å². The fourth-order valence-electron chi connectivity index (χ4n) is 2.54. The molecule has 6 heteroatoms. The molecule has 0 aromatic heterocycles. The lowest BCUT2D eigenvalue weighted by Crippen LogP contribution is -2.15. The molecule has 5 nitrogen and oxygen atoms in total. The van der Waals surface area contributed by atoms with Crippen molar-refractivity contribution >= 4 is 23.5 Å². The SMILES string of the molecule is NC(=O)c1ccc(COC(=O)COc2ccc(-c3ccccc3)cc2Cl)cc1. The molecule has 3 rings (SSSR count). The summed E-state index contributed by atoms with van der Waals surface area (Å²) in [4.78, 5) is 22.9. The van der Waals surface area contributed by atoms with Crippen molar-refractivity contribution in [3.8, 4) is 16.9 Å². The van der Waals surface area contributed by atoms with Crippen LogP contribution in [0.1, 0.15) is 15.9 Å². The first-order valence-electron chi connectivity index (χ1n) is 8.55. The van der Waals surface area contributed by atoms with Gasteiger partial charge < -0.3 is 15.2 Å². The molecule has 1 amide bonds. The van der Waals surface area contributed by atoms with Gasteiger partial charge in [-0.25, -0.2) is 4.79 Å². The maximum absolute atomic E-state index is 11.9. The van der Waals surface area contributed by atoms with Crippen LogP contribution < -0.4 is 10.5 Å². The normalized spacial score (nSPS) is 10.3. The summed E-state index contributed by atoms with van der Waals surface area (Å²) in [5.41, 5.74) is 8.32. The topological polar surface area (TPSA) is 78.6 Å². The number of ether oxygens (including phenoxy) is 2. The van der Waals surface area contributed by atoms with E-state index in [0.717, 1.165) is 16.7 Å². The number of carbonyl (C=O) groups excluding carboxylic acids is 2. The predicted molar refractivity (Wildman–Crippen MR) is 107 cm³/mol. The van der Waals surface area contributed by atoms with Gasteiger partial charge in [-0.2, -0.15) is 0 Å². The van der Waals surface area contributed by atoms with E-state index >= 15 is 0 Å². The summed E-state index contributed by atoms with van der Waals surface area (Å²) < 4.78 is 10.6. The van der Waals surface area contributed by atoms with Crippen molar-refractivity contribution in [2.75, 3.05) is 6.61 Å². The number of amides is 1. The average molecular weight is 396 g/mol. The molecule has 2 N–H and O–H groups in total. The third kappa shape index (κ3) is 5.11. The van der Waals surface area contributed by atoms with Crippen molar-refractivity contribution in [3.05, 3.63) is 88.9 Å². The Hall–Kier alpha value is -3.31. The first-order chi connectivity index (χ1) is 13.5. The van der Waals surface area contributed by atoms with E-state index in [0.29, 0.717) is 16.3 Å². The zero-order valence-corrected chi connectivity index (χ0v) is 15.7. The van der Waals surface area contributed by atoms with Crippen molar-refractivity contribution < 1.29 is 19.1 Å². The van der Waals surface area contributed by atoms with Crippen LogP contribution in [0.25, 0.3) is 11.1 Å². The number of hydrogen-bond acceptors (Lipinski definition) is 4. The van der Waals surface area contributed by atoms with E-state index in [1.54, 1.807) is 36.4 Å². The van der Waals surface area contributed by atoms with Crippen LogP contribution in [-0.2, 0) is 16.1 Å². The number of esters is 1. The molecule has 0 heterocycles. The van der Waals surface area contributed by atoms with Gasteiger partial charge in [-0.15, -0.1) is 0 Å². The molecule has 0 atom stereocenters. The molecule has 3 aromatic carbocycles. The minimum atomic E-state index is -0.526. The molecule has 28 heavy (non-hydrogen) atoms. The van der Waals surface area contributed by atoms with Crippen LogP contribution in [0.2, 0.25) is 5.02 Å². The second-order valence-corrected chi connectivity index (χ2v) is 6.43. The Morgan fingerprint density at radius 2 is 1.61 bits per heavy atom. The largest absolute Gasteiger partial charge is 0.480 e. The number of halogens is 1. The fraction of sp³-hybridized carbons (Fsp3) is 0.0909. The van der Waals surface area contributed by atoms with Gasteiger partial charge in [0.2, 0.25) is 5.91 Å². The number of hydrogen-bond donors (Lipinski definition) is 1. The standard InChI is InChI=1S/C22H18ClNO4/c23-19-12-18(16-4-2-1-3-5-16)10-11-20(19)27-14-21(25)28-13-15-6-8-17(9-7-15)22(24)26/h1-12H,13-14H2,(H2,24,26).